The number of hydrogen-bond donors (Lipinski definition) is 0. The van der Waals surface area contributed by atoms with Crippen LogP contribution in [0.1, 0.15) is 18.9 Å². The second-order valence-electron chi connectivity index (χ2n) is 3.33. The van der Waals surface area contributed by atoms with Crippen LogP contribution < -0.4 is 0 Å². The fraction of sp³-hybridized carbons (Fsp3) is 0.273. The fourth-order valence-corrected chi connectivity index (χ4v) is 1.37. The van der Waals surface area contributed by atoms with Gasteiger partial charge in [0.2, 0.25) is 0 Å². The SMILES string of the molecule is C[C@H]1CC=NC(c2ccccc2F)=N1. The maximum Gasteiger partial charge on any atom is 0.157 e. The lowest BCUT2D eigenvalue weighted by molar-refractivity contribution is 0.624. The monoisotopic (exact) mass is 190 g/mol. The van der Waals surface area contributed by atoms with E-state index in [-0.39, 0.29) is 11.9 Å². The molecule has 1 atom stereocenters. The van der Waals surface area contributed by atoms with Crippen molar-refractivity contribution in [3.63, 3.8) is 0 Å². The quantitative estimate of drug-likeness (QED) is 0.649. The molecular formula is C11H11FN2. The number of hydrogen-bond acceptors (Lipinski definition) is 2. The first-order valence-corrected chi connectivity index (χ1v) is 4.62. The second kappa shape index (κ2) is 3.70. The number of amidine groups is 1. The third-order valence-electron chi connectivity index (χ3n) is 2.12. The van der Waals surface area contributed by atoms with Crippen LogP contribution in [0, 0.1) is 5.82 Å². The van der Waals surface area contributed by atoms with Crippen LogP contribution in [0.3, 0.4) is 0 Å². The molecule has 0 amide bonds. The number of benzene rings is 1. The van der Waals surface area contributed by atoms with Crippen molar-refractivity contribution >= 4 is 12.1 Å². The molecule has 0 radical (unpaired) electrons. The van der Waals surface area contributed by atoms with Gasteiger partial charge >= 0.3 is 0 Å². The first-order valence-electron chi connectivity index (χ1n) is 4.62. The molecule has 0 fully saturated rings. The van der Waals surface area contributed by atoms with Gasteiger partial charge in [-0.05, 0) is 19.1 Å². The Hall–Kier alpha value is -1.51. The molecule has 0 bridgehead atoms. The highest BCUT2D eigenvalue weighted by Gasteiger charge is 2.11. The zero-order valence-corrected chi connectivity index (χ0v) is 7.94. The van der Waals surface area contributed by atoms with E-state index >= 15 is 0 Å². The van der Waals surface area contributed by atoms with E-state index in [0.29, 0.717) is 11.4 Å². The maximum absolute atomic E-state index is 13.3. The van der Waals surface area contributed by atoms with Crippen molar-refractivity contribution in [1.29, 1.82) is 0 Å². The first-order chi connectivity index (χ1) is 6.77. The van der Waals surface area contributed by atoms with Gasteiger partial charge in [-0.3, -0.25) is 4.99 Å². The van der Waals surface area contributed by atoms with Crippen LogP contribution in [0.15, 0.2) is 34.3 Å². The van der Waals surface area contributed by atoms with Gasteiger partial charge in [-0.15, -0.1) is 0 Å². The lowest BCUT2D eigenvalue weighted by Gasteiger charge is -2.11. The van der Waals surface area contributed by atoms with Crippen LogP contribution in [-0.4, -0.2) is 18.1 Å². The molecule has 1 heterocycles. The number of aliphatic imine (C=N–C) groups is 2. The maximum atomic E-state index is 13.3. The van der Waals surface area contributed by atoms with E-state index in [4.69, 9.17) is 0 Å². The van der Waals surface area contributed by atoms with Gasteiger partial charge in [-0.1, -0.05) is 12.1 Å². The number of halogens is 1. The smallest absolute Gasteiger partial charge is 0.157 e. The van der Waals surface area contributed by atoms with Crippen molar-refractivity contribution in [2.75, 3.05) is 0 Å². The van der Waals surface area contributed by atoms with Crippen LogP contribution in [0.2, 0.25) is 0 Å². The molecule has 2 rings (SSSR count). The van der Waals surface area contributed by atoms with Crippen LogP contribution in [-0.2, 0) is 0 Å². The Labute approximate surface area is 82.2 Å². The predicted molar refractivity (Wildman–Crippen MR) is 55.5 cm³/mol. The summed E-state index contributed by atoms with van der Waals surface area (Å²) in [6.45, 7) is 1.99. The number of nitrogens with zero attached hydrogens (tertiary/aromatic N) is 2. The van der Waals surface area contributed by atoms with E-state index in [1.807, 2.05) is 6.92 Å². The van der Waals surface area contributed by atoms with Crippen molar-refractivity contribution in [2.45, 2.75) is 19.4 Å². The largest absolute Gasteiger partial charge is 0.263 e. The van der Waals surface area contributed by atoms with Gasteiger partial charge < -0.3 is 0 Å². The van der Waals surface area contributed by atoms with Gasteiger partial charge in [0, 0.05) is 12.6 Å². The van der Waals surface area contributed by atoms with E-state index in [1.165, 1.54) is 6.07 Å². The minimum atomic E-state index is -0.266. The molecule has 14 heavy (non-hydrogen) atoms. The molecule has 3 heteroatoms. The van der Waals surface area contributed by atoms with Crippen molar-refractivity contribution < 1.29 is 4.39 Å². The average Bonchev–Trinajstić information content (AvgIpc) is 2.18. The molecular weight excluding hydrogens is 179 g/mol. The van der Waals surface area contributed by atoms with Crippen molar-refractivity contribution in [3.05, 3.63) is 35.6 Å². The van der Waals surface area contributed by atoms with Gasteiger partial charge in [-0.25, -0.2) is 9.38 Å². The molecule has 0 saturated carbocycles. The van der Waals surface area contributed by atoms with E-state index in [2.05, 4.69) is 9.98 Å². The summed E-state index contributed by atoms with van der Waals surface area (Å²) in [7, 11) is 0. The zero-order chi connectivity index (χ0) is 9.97. The summed E-state index contributed by atoms with van der Waals surface area (Å²) >= 11 is 0. The summed E-state index contributed by atoms with van der Waals surface area (Å²) in [6.07, 6.45) is 2.62. The molecule has 1 aromatic carbocycles. The molecule has 0 N–H and O–H groups in total. The van der Waals surface area contributed by atoms with Crippen molar-refractivity contribution in [3.8, 4) is 0 Å². The van der Waals surface area contributed by atoms with Crippen LogP contribution in [0.4, 0.5) is 4.39 Å². The van der Waals surface area contributed by atoms with Crippen LogP contribution in [0.25, 0.3) is 0 Å². The third-order valence-corrected chi connectivity index (χ3v) is 2.12. The summed E-state index contributed by atoms with van der Waals surface area (Å²) in [6, 6.07) is 6.77. The second-order valence-corrected chi connectivity index (χ2v) is 3.33. The van der Waals surface area contributed by atoms with Gasteiger partial charge in [0.15, 0.2) is 5.84 Å². The third kappa shape index (κ3) is 1.71. The minimum absolute atomic E-state index is 0.196. The van der Waals surface area contributed by atoms with Crippen molar-refractivity contribution in [1.82, 2.24) is 0 Å². The Morgan fingerprint density at radius 2 is 2.14 bits per heavy atom. The summed E-state index contributed by atoms with van der Waals surface area (Å²) < 4.78 is 13.3. The summed E-state index contributed by atoms with van der Waals surface area (Å²) in [5, 5.41) is 0. The Morgan fingerprint density at radius 3 is 2.86 bits per heavy atom. The molecule has 0 unspecified atom stereocenters. The molecule has 1 aromatic rings. The highest BCUT2D eigenvalue weighted by Crippen LogP contribution is 2.12. The summed E-state index contributed by atoms with van der Waals surface area (Å²) in [4.78, 5) is 8.39. The van der Waals surface area contributed by atoms with Gasteiger partial charge in [-0.2, -0.15) is 0 Å². The fourth-order valence-electron chi connectivity index (χ4n) is 1.37. The normalized spacial score (nSPS) is 20.7. The Morgan fingerprint density at radius 1 is 1.36 bits per heavy atom. The van der Waals surface area contributed by atoms with Gasteiger partial charge in [0.05, 0.1) is 11.6 Å². The topological polar surface area (TPSA) is 24.7 Å². The predicted octanol–water partition coefficient (Wildman–Crippen LogP) is 2.44. The summed E-state index contributed by atoms with van der Waals surface area (Å²) in [5.74, 6) is 0.236. The molecule has 0 aliphatic carbocycles. The molecule has 0 saturated heterocycles. The molecule has 0 aromatic heterocycles. The summed E-state index contributed by atoms with van der Waals surface area (Å²) in [5.41, 5.74) is 0.482. The molecule has 0 spiro atoms. The Bertz CT molecular complexity index is 396. The standard InChI is InChI=1S/C11H11FN2/c1-8-6-7-13-11(14-8)9-4-2-3-5-10(9)12/h2-5,7-8H,6H2,1H3/t8-/m0/s1. The Kier molecular flexibility index (Phi) is 2.39. The van der Waals surface area contributed by atoms with Crippen molar-refractivity contribution in [2.24, 2.45) is 9.98 Å². The van der Waals surface area contributed by atoms with E-state index in [0.717, 1.165) is 6.42 Å². The molecule has 2 nitrogen and oxygen atoms in total. The van der Waals surface area contributed by atoms with Gasteiger partial charge in [0.1, 0.15) is 5.82 Å². The Balaban J connectivity index is 2.40. The van der Waals surface area contributed by atoms with E-state index in [9.17, 15) is 4.39 Å². The molecule has 1 aliphatic rings. The van der Waals surface area contributed by atoms with E-state index in [1.54, 1.807) is 24.4 Å². The van der Waals surface area contributed by atoms with Crippen LogP contribution >= 0.6 is 0 Å². The first kappa shape index (κ1) is 9.06. The highest BCUT2D eigenvalue weighted by atomic mass is 19.1. The minimum Gasteiger partial charge on any atom is -0.263 e. The van der Waals surface area contributed by atoms with Gasteiger partial charge in [0.25, 0.3) is 0 Å². The number of rotatable bonds is 1. The van der Waals surface area contributed by atoms with E-state index < -0.39 is 0 Å². The average molecular weight is 190 g/mol. The lowest BCUT2D eigenvalue weighted by atomic mass is 10.1. The van der Waals surface area contributed by atoms with Crippen LogP contribution in [0.5, 0.6) is 0 Å². The molecule has 72 valence electrons. The lowest BCUT2D eigenvalue weighted by Crippen LogP contribution is -2.12. The zero-order valence-electron chi connectivity index (χ0n) is 7.94. The highest BCUT2D eigenvalue weighted by molar-refractivity contribution is 6.04. The molecule has 1 aliphatic heterocycles.